The van der Waals surface area contributed by atoms with Crippen molar-refractivity contribution >= 4 is 29.7 Å². The van der Waals surface area contributed by atoms with Crippen LogP contribution < -0.4 is 33.2 Å². The number of guanidine groups is 1. The number of nitrogens with one attached hydrogen (secondary N) is 4. The number of aromatic nitrogens is 2. The zero-order chi connectivity index (χ0) is 24.1. The molecular formula is C17H29N9O6. The second-order valence-corrected chi connectivity index (χ2v) is 6.76. The minimum Gasteiger partial charge on any atom is -0.480 e. The molecule has 1 rings (SSSR count). The predicted octanol–water partition coefficient (Wildman–Crippen LogP) is -4.50. The van der Waals surface area contributed by atoms with E-state index in [1.165, 1.54) is 12.5 Å². The van der Waals surface area contributed by atoms with Crippen LogP contribution in [0.5, 0.6) is 0 Å². The molecule has 178 valence electrons. The number of carbonyl (C=O) groups excluding carboxylic acids is 3. The van der Waals surface area contributed by atoms with Crippen LogP contribution in [0.15, 0.2) is 17.5 Å². The van der Waals surface area contributed by atoms with Crippen molar-refractivity contribution in [2.24, 2.45) is 22.2 Å². The minimum absolute atomic E-state index is 0.0138. The van der Waals surface area contributed by atoms with E-state index >= 15 is 0 Å². The van der Waals surface area contributed by atoms with Crippen LogP contribution in [0, 0.1) is 0 Å². The van der Waals surface area contributed by atoms with E-state index in [-0.39, 0.29) is 25.3 Å². The first-order valence-electron chi connectivity index (χ1n) is 9.63. The Morgan fingerprint density at radius 1 is 1.16 bits per heavy atom. The van der Waals surface area contributed by atoms with Gasteiger partial charge in [0.25, 0.3) is 0 Å². The SMILES string of the molecule is NC(N)=NCCCC(NC(=O)CNC(=O)C(Cc1cnc[nH]1)NC(=O)C(N)CO)C(=O)O. The van der Waals surface area contributed by atoms with E-state index in [9.17, 15) is 24.3 Å². The summed E-state index contributed by atoms with van der Waals surface area (Å²) in [6, 6.07) is -3.55. The fourth-order valence-electron chi connectivity index (χ4n) is 2.48. The summed E-state index contributed by atoms with van der Waals surface area (Å²) in [5.74, 6) is -3.60. The molecule has 0 fully saturated rings. The summed E-state index contributed by atoms with van der Waals surface area (Å²) < 4.78 is 0. The van der Waals surface area contributed by atoms with Gasteiger partial charge in [0.2, 0.25) is 17.7 Å². The predicted molar refractivity (Wildman–Crippen MR) is 112 cm³/mol. The Hall–Kier alpha value is -3.72. The summed E-state index contributed by atoms with van der Waals surface area (Å²) in [5.41, 5.74) is 16.4. The summed E-state index contributed by atoms with van der Waals surface area (Å²) in [5, 5.41) is 25.3. The topological polar surface area (TPSA) is 264 Å². The van der Waals surface area contributed by atoms with E-state index in [4.69, 9.17) is 22.3 Å². The second-order valence-electron chi connectivity index (χ2n) is 6.76. The lowest BCUT2D eigenvalue weighted by Crippen LogP contribution is -2.54. The van der Waals surface area contributed by atoms with Crippen LogP contribution in [0.2, 0.25) is 0 Å². The highest BCUT2D eigenvalue weighted by Crippen LogP contribution is 2.01. The maximum Gasteiger partial charge on any atom is 0.326 e. The first-order valence-corrected chi connectivity index (χ1v) is 9.63. The van der Waals surface area contributed by atoms with E-state index < -0.39 is 55.0 Å². The maximum atomic E-state index is 12.5. The Balaban J connectivity index is 2.64. The number of nitrogens with zero attached hydrogens (tertiary/aromatic N) is 2. The highest BCUT2D eigenvalue weighted by Gasteiger charge is 2.25. The fraction of sp³-hybridized carbons (Fsp3) is 0.529. The Labute approximate surface area is 183 Å². The van der Waals surface area contributed by atoms with E-state index in [0.29, 0.717) is 12.1 Å². The van der Waals surface area contributed by atoms with Crippen molar-refractivity contribution in [1.29, 1.82) is 0 Å². The first-order chi connectivity index (χ1) is 15.1. The molecule has 0 spiro atoms. The molecule has 3 atom stereocenters. The highest BCUT2D eigenvalue weighted by atomic mass is 16.4. The van der Waals surface area contributed by atoms with Crippen LogP contribution in [-0.2, 0) is 25.6 Å². The lowest BCUT2D eigenvalue weighted by molar-refractivity contribution is -0.142. The molecule has 0 aliphatic heterocycles. The molecule has 0 saturated carbocycles. The van der Waals surface area contributed by atoms with Gasteiger partial charge < -0.3 is 48.3 Å². The number of amides is 3. The number of carboxylic acids is 1. The van der Waals surface area contributed by atoms with Crippen molar-refractivity contribution in [1.82, 2.24) is 25.9 Å². The number of aliphatic imine (C=N–C) groups is 1. The molecule has 0 aliphatic carbocycles. The van der Waals surface area contributed by atoms with Gasteiger partial charge in [0.15, 0.2) is 5.96 Å². The third kappa shape index (κ3) is 9.86. The number of nitrogens with two attached hydrogens (primary N) is 3. The van der Waals surface area contributed by atoms with Gasteiger partial charge in [0, 0.05) is 24.9 Å². The summed E-state index contributed by atoms with van der Waals surface area (Å²) in [6.45, 7) is -0.950. The molecule has 0 aromatic carbocycles. The van der Waals surface area contributed by atoms with E-state index in [0.717, 1.165) is 0 Å². The van der Waals surface area contributed by atoms with Gasteiger partial charge in [0.1, 0.15) is 18.1 Å². The van der Waals surface area contributed by atoms with Gasteiger partial charge in [-0.15, -0.1) is 0 Å². The van der Waals surface area contributed by atoms with Gasteiger partial charge in [-0.3, -0.25) is 19.4 Å². The Kier molecular flexibility index (Phi) is 11.1. The molecule has 1 aromatic rings. The molecular weight excluding hydrogens is 426 g/mol. The number of imidazole rings is 1. The number of hydrogen-bond acceptors (Lipinski definition) is 8. The molecule has 12 N–H and O–H groups in total. The molecule has 15 nitrogen and oxygen atoms in total. The number of aliphatic hydroxyl groups excluding tert-OH is 1. The van der Waals surface area contributed by atoms with Gasteiger partial charge in [-0.2, -0.15) is 0 Å². The quantitative estimate of drug-likeness (QED) is 0.0736. The van der Waals surface area contributed by atoms with Crippen molar-refractivity contribution in [3.05, 3.63) is 18.2 Å². The summed E-state index contributed by atoms with van der Waals surface area (Å²) in [4.78, 5) is 58.3. The van der Waals surface area contributed by atoms with Gasteiger partial charge in [0.05, 0.1) is 19.5 Å². The van der Waals surface area contributed by atoms with Crippen molar-refractivity contribution in [3.63, 3.8) is 0 Å². The second kappa shape index (κ2) is 13.6. The largest absolute Gasteiger partial charge is 0.480 e. The Morgan fingerprint density at radius 2 is 1.88 bits per heavy atom. The lowest BCUT2D eigenvalue weighted by Gasteiger charge is -2.20. The monoisotopic (exact) mass is 455 g/mol. The van der Waals surface area contributed by atoms with Crippen LogP contribution in [0.1, 0.15) is 18.5 Å². The normalized spacial score (nSPS) is 13.3. The van der Waals surface area contributed by atoms with E-state index in [1.807, 2.05) is 0 Å². The number of aliphatic carboxylic acids is 1. The summed E-state index contributed by atoms with van der Waals surface area (Å²) in [6.07, 6.45) is 3.23. The average Bonchev–Trinajstić information content (AvgIpc) is 3.25. The van der Waals surface area contributed by atoms with E-state index in [1.54, 1.807) is 0 Å². The van der Waals surface area contributed by atoms with Crippen molar-refractivity contribution in [3.8, 4) is 0 Å². The Morgan fingerprint density at radius 3 is 2.44 bits per heavy atom. The minimum atomic E-state index is -1.25. The van der Waals surface area contributed by atoms with Crippen LogP contribution in [0.4, 0.5) is 0 Å². The third-order valence-corrected chi connectivity index (χ3v) is 4.15. The van der Waals surface area contributed by atoms with Crippen LogP contribution in [0.3, 0.4) is 0 Å². The first kappa shape index (κ1) is 26.3. The van der Waals surface area contributed by atoms with E-state index in [2.05, 4.69) is 30.9 Å². The molecule has 0 bridgehead atoms. The van der Waals surface area contributed by atoms with Crippen molar-refractivity contribution in [2.45, 2.75) is 37.4 Å². The van der Waals surface area contributed by atoms with Crippen molar-refractivity contribution in [2.75, 3.05) is 19.7 Å². The number of H-pyrrole nitrogens is 1. The maximum absolute atomic E-state index is 12.5. The standard InChI is InChI=1S/C17H29N9O6/c18-10(7-27)14(29)26-12(4-9-5-21-8-24-9)15(30)23-6-13(28)25-11(16(31)32)2-1-3-22-17(19)20/h5,8,10-12,27H,1-4,6-7,18H2,(H,21,24)(H,23,30)(H,25,28)(H,26,29)(H,31,32)(H4,19,20,22). The Bertz CT molecular complexity index is 794. The molecule has 1 heterocycles. The zero-order valence-electron chi connectivity index (χ0n) is 17.3. The van der Waals surface area contributed by atoms with Crippen LogP contribution >= 0.6 is 0 Å². The summed E-state index contributed by atoms with van der Waals surface area (Å²) >= 11 is 0. The average molecular weight is 455 g/mol. The molecule has 0 saturated heterocycles. The molecule has 1 aromatic heterocycles. The zero-order valence-corrected chi connectivity index (χ0v) is 17.3. The smallest absolute Gasteiger partial charge is 0.326 e. The number of rotatable bonds is 14. The van der Waals surface area contributed by atoms with Gasteiger partial charge in [-0.1, -0.05) is 0 Å². The molecule has 3 amide bonds. The molecule has 0 aliphatic rings. The highest BCUT2D eigenvalue weighted by molar-refractivity contribution is 5.92. The van der Waals surface area contributed by atoms with Crippen LogP contribution in [-0.4, -0.2) is 87.7 Å². The van der Waals surface area contributed by atoms with Gasteiger partial charge in [-0.25, -0.2) is 9.78 Å². The number of carboxylic acid groups (broad SMARTS) is 1. The van der Waals surface area contributed by atoms with Gasteiger partial charge in [-0.05, 0) is 12.8 Å². The molecule has 3 unspecified atom stereocenters. The molecule has 15 heteroatoms. The van der Waals surface area contributed by atoms with Crippen LogP contribution in [0.25, 0.3) is 0 Å². The fourth-order valence-corrected chi connectivity index (χ4v) is 2.48. The number of aliphatic hydroxyl groups is 1. The van der Waals surface area contributed by atoms with Crippen molar-refractivity contribution < 1.29 is 29.4 Å². The number of hydrogen-bond donors (Lipinski definition) is 9. The van der Waals surface area contributed by atoms with Gasteiger partial charge >= 0.3 is 5.97 Å². The third-order valence-electron chi connectivity index (χ3n) is 4.15. The summed E-state index contributed by atoms with van der Waals surface area (Å²) in [7, 11) is 0. The lowest BCUT2D eigenvalue weighted by atomic mass is 10.1. The molecule has 32 heavy (non-hydrogen) atoms. The molecule has 0 radical (unpaired) electrons. The number of carbonyl (C=O) groups is 4. The number of aromatic amines is 1.